The van der Waals surface area contributed by atoms with E-state index < -0.39 is 0 Å². The van der Waals surface area contributed by atoms with Crippen molar-refractivity contribution in [3.63, 3.8) is 0 Å². The first kappa shape index (κ1) is 13.8. The monoisotopic (exact) mass is 275 g/mol. The van der Waals surface area contributed by atoms with Gasteiger partial charge in [-0.2, -0.15) is 0 Å². The zero-order valence-electron chi connectivity index (χ0n) is 12.3. The molecule has 1 aromatic rings. The summed E-state index contributed by atoms with van der Waals surface area (Å²) < 4.78 is 0. The average Bonchev–Trinajstić information content (AvgIpc) is 3.08. The third-order valence-electron chi connectivity index (χ3n) is 4.70. The normalized spacial score (nSPS) is 27.4. The van der Waals surface area contributed by atoms with Crippen LogP contribution in [-0.4, -0.2) is 53.3 Å². The summed E-state index contributed by atoms with van der Waals surface area (Å²) >= 11 is 0. The van der Waals surface area contributed by atoms with Crippen LogP contribution in [0.1, 0.15) is 31.4 Å². The lowest BCUT2D eigenvalue weighted by Crippen LogP contribution is -2.43. The molecule has 2 aliphatic rings. The molecule has 3 heterocycles. The maximum absolute atomic E-state index is 9.46. The summed E-state index contributed by atoms with van der Waals surface area (Å²) in [6, 6.07) is 7.20. The van der Waals surface area contributed by atoms with Crippen molar-refractivity contribution in [3.05, 3.63) is 23.9 Å². The van der Waals surface area contributed by atoms with E-state index >= 15 is 0 Å². The second-order valence-electron chi connectivity index (χ2n) is 6.10. The average molecular weight is 275 g/mol. The Morgan fingerprint density at radius 1 is 1.20 bits per heavy atom. The highest BCUT2D eigenvalue weighted by atomic mass is 16.3. The fraction of sp³-hybridized carbons (Fsp3) is 0.688. The first-order valence-electron chi connectivity index (χ1n) is 7.83. The van der Waals surface area contributed by atoms with E-state index in [4.69, 9.17) is 0 Å². The number of aryl methyl sites for hydroxylation is 1. The smallest absolute Gasteiger partial charge is 0.129 e. The van der Waals surface area contributed by atoms with Crippen LogP contribution in [-0.2, 0) is 0 Å². The molecule has 2 aliphatic heterocycles. The Bertz CT molecular complexity index is 451. The van der Waals surface area contributed by atoms with Crippen molar-refractivity contribution in [2.24, 2.45) is 0 Å². The van der Waals surface area contributed by atoms with Crippen molar-refractivity contribution in [1.82, 2.24) is 9.88 Å². The van der Waals surface area contributed by atoms with Gasteiger partial charge in [0, 0.05) is 30.9 Å². The highest BCUT2D eigenvalue weighted by Gasteiger charge is 2.31. The van der Waals surface area contributed by atoms with Gasteiger partial charge in [0.2, 0.25) is 0 Å². The lowest BCUT2D eigenvalue weighted by atomic mass is 10.2. The molecule has 20 heavy (non-hydrogen) atoms. The molecule has 0 aliphatic carbocycles. The second-order valence-corrected chi connectivity index (χ2v) is 6.10. The number of nitrogens with zero attached hydrogens (tertiary/aromatic N) is 3. The van der Waals surface area contributed by atoms with Crippen molar-refractivity contribution in [1.29, 1.82) is 0 Å². The van der Waals surface area contributed by atoms with Crippen molar-refractivity contribution in [3.8, 4) is 0 Å². The zero-order valence-corrected chi connectivity index (χ0v) is 12.3. The number of likely N-dealkylation sites (tertiary alicyclic amines) is 1. The number of anilines is 1. The number of aromatic nitrogens is 1. The molecular formula is C16H25N3O. The molecule has 0 amide bonds. The van der Waals surface area contributed by atoms with Crippen LogP contribution in [0.15, 0.2) is 18.2 Å². The molecule has 0 aromatic carbocycles. The molecule has 0 spiro atoms. The van der Waals surface area contributed by atoms with Crippen LogP contribution < -0.4 is 4.90 Å². The third kappa shape index (κ3) is 2.81. The van der Waals surface area contributed by atoms with E-state index in [1.165, 1.54) is 19.3 Å². The molecule has 1 aromatic heterocycles. The molecule has 0 bridgehead atoms. The summed E-state index contributed by atoms with van der Waals surface area (Å²) in [6.45, 7) is 5.67. The van der Waals surface area contributed by atoms with Crippen molar-refractivity contribution in [2.75, 3.05) is 31.1 Å². The fourth-order valence-electron chi connectivity index (χ4n) is 3.63. The maximum Gasteiger partial charge on any atom is 0.129 e. The minimum Gasteiger partial charge on any atom is -0.395 e. The number of aliphatic hydroxyl groups is 1. The van der Waals surface area contributed by atoms with Crippen molar-refractivity contribution in [2.45, 2.75) is 44.7 Å². The molecule has 1 N–H and O–H groups in total. The molecule has 3 rings (SSSR count). The van der Waals surface area contributed by atoms with Gasteiger partial charge in [-0.1, -0.05) is 6.07 Å². The Morgan fingerprint density at radius 3 is 2.80 bits per heavy atom. The molecule has 0 saturated carbocycles. The highest BCUT2D eigenvalue weighted by molar-refractivity contribution is 5.41. The summed E-state index contributed by atoms with van der Waals surface area (Å²) in [4.78, 5) is 9.61. The van der Waals surface area contributed by atoms with Gasteiger partial charge in [0.15, 0.2) is 0 Å². The minimum atomic E-state index is 0.301. The van der Waals surface area contributed by atoms with Gasteiger partial charge >= 0.3 is 0 Å². The number of rotatable bonds is 4. The molecule has 4 nitrogen and oxygen atoms in total. The Morgan fingerprint density at radius 2 is 2.00 bits per heavy atom. The van der Waals surface area contributed by atoms with E-state index in [-0.39, 0.29) is 0 Å². The Balaban J connectivity index is 1.69. The molecule has 0 unspecified atom stereocenters. The second kappa shape index (κ2) is 6.10. The fourth-order valence-corrected chi connectivity index (χ4v) is 3.63. The van der Waals surface area contributed by atoms with E-state index in [2.05, 4.69) is 39.9 Å². The summed E-state index contributed by atoms with van der Waals surface area (Å²) in [6.07, 6.45) is 4.86. The van der Waals surface area contributed by atoms with Gasteiger partial charge in [-0.05, 0) is 51.3 Å². The first-order chi connectivity index (χ1) is 9.78. The van der Waals surface area contributed by atoms with Gasteiger partial charge in [-0.15, -0.1) is 0 Å². The Hall–Kier alpha value is -1.13. The van der Waals surface area contributed by atoms with E-state index in [1.807, 2.05) is 0 Å². The number of aliphatic hydroxyl groups excluding tert-OH is 1. The van der Waals surface area contributed by atoms with Crippen LogP contribution >= 0.6 is 0 Å². The van der Waals surface area contributed by atoms with E-state index in [1.54, 1.807) is 0 Å². The van der Waals surface area contributed by atoms with Crippen molar-refractivity contribution < 1.29 is 5.11 Å². The van der Waals surface area contributed by atoms with Gasteiger partial charge in [-0.25, -0.2) is 4.98 Å². The molecule has 110 valence electrons. The van der Waals surface area contributed by atoms with Crippen LogP contribution in [0.4, 0.5) is 5.82 Å². The molecule has 0 radical (unpaired) electrons. The highest BCUT2D eigenvalue weighted by Crippen LogP contribution is 2.27. The summed E-state index contributed by atoms with van der Waals surface area (Å²) in [5.74, 6) is 1.12. The van der Waals surface area contributed by atoms with Gasteiger partial charge in [0.25, 0.3) is 0 Å². The summed E-state index contributed by atoms with van der Waals surface area (Å²) in [7, 11) is 0. The third-order valence-corrected chi connectivity index (χ3v) is 4.70. The largest absolute Gasteiger partial charge is 0.395 e. The van der Waals surface area contributed by atoms with Crippen LogP contribution in [0.2, 0.25) is 0 Å². The standard InChI is InChI=1S/C16H25N3O/c1-13-5-2-8-16(17-13)19-10-4-6-14(19)11-18-9-3-7-15(18)12-20/h2,5,8,14-15,20H,3-4,6-7,9-12H2,1H3/t14-,15-/m1/s1. The van der Waals surface area contributed by atoms with Crippen LogP contribution in [0, 0.1) is 6.92 Å². The van der Waals surface area contributed by atoms with Crippen molar-refractivity contribution >= 4 is 5.82 Å². The lowest BCUT2D eigenvalue weighted by molar-refractivity contribution is 0.153. The summed E-state index contributed by atoms with van der Waals surface area (Å²) in [5, 5.41) is 9.46. The topological polar surface area (TPSA) is 39.6 Å². The predicted molar refractivity (Wildman–Crippen MR) is 81.0 cm³/mol. The zero-order chi connectivity index (χ0) is 13.9. The lowest BCUT2D eigenvalue weighted by Gasteiger charge is -2.32. The van der Waals surface area contributed by atoms with Gasteiger partial charge < -0.3 is 10.0 Å². The number of hydrogen-bond donors (Lipinski definition) is 1. The Kier molecular flexibility index (Phi) is 4.22. The summed E-state index contributed by atoms with van der Waals surface area (Å²) in [5.41, 5.74) is 1.09. The first-order valence-corrected chi connectivity index (χ1v) is 7.83. The van der Waals surface area contributed by atoms with E-state index in [0.29, 0.717) is 18.7 Å². The molecule has 2 fully saturated rings. The molecule has 2 atom stereocenters. The quantitative estimate of drug-likeness (QED) is 0.910. The van der Waals surface area contributed by atoms with Crippen LogP contribution in [0.25, 0.3) is 0 Å². The minimum absolute atomic E-state index is 0.301. The van der Waals surface area contributed by atoms with Gasteiger partial charge in [0.05, 0.1) is 6.61 Å². The number of hydrogen-bond acceptors (Lipinski definition) is 4. The molecular weight excluding hydrogens is 250 g/mol. The van der Waals surface area contributed by atoms with Gasteiger partial charge in [0.1, 0.15) is 5.82 Å². The number of pyridine rings is 1. The van der Waals surface area contributed by atoms with Crippen LogP contribution in [0.3, 0.4) is 0 Å². The predicted octanol–water partition coefficient (Wildman–Crippen LogP) is 1.82. The van der Waals surface area contributed by atoms with E-state index in [9.17, 15) is 5.11 Å². The van der Waals surface area contributed by atoms with Crippen LogP contribution in [0.5, 0.6) is 0 Å². The SMILES string of the molecule is Cc1cccc(N2CCC[C@@H]2CN2CCC[C@@H]2CO)n1. The van der Waals surface area contributed by atoms with Gasteiger partial charge in [-0.3, -0.25) is 4.90 Å². The molecule has 2 saturated heterocycles. The molecule has 4 heteroatoms. The van der Waals surface area contributed by atoms with E-state index in [0.717, 1.165) is 37.6 Å². The maximum atomic E-state index is 9.46. The Labute approximate surface area is 121 Å².